The Balaban J connectivity index is 2.44. The fraction of sp³-hybridized carbons (Fsp3) is 0.250. The minimum Gasteiger partial charge on any atom is -0.508 e. The summed E-state index contributed by atoms with van der Waals surface area (Å²) < 4.78 is 0.626. The van der Waals surface area contributed by atoms with Gasteiger partial charge in [-0.25, -0.2) is 4.98 Å². The zero-order chi connectivity index (χ0) is 15.2. The molecule has 0 aliphatic carbocycles. The fourth-order valence-corrected chi connectivity index (χ4v) is 3.61. The molecular formula is C16H16N2O2S. The predicted octanol–water partition coefficient (Wildman–Crippen LogP) is 3.65. The first kappa shape index (κ1) is 13.8. The van der Waals surface area contributed by atoms with Crippen LogP contribution in [0.3, 0.4) is 0 Å². The Bertz CT molecular complexity index is 872. The molecule has 5 heteroatoms. The average Bonchev–Trinajstić information content (AvgIpc) is 2.79. The first-order chi connectivity index (χ1) is 9.88. The third-order valence-electron chi connectivity index (χ3n) is 3.29. The van der Waals surface area contributed by atoms with Gasteiger partial charge < -0.3 is 10.1 Å². The van der Waals surface area contributed by atoms with Crippen molar-refractivity contribution in [1.29, 1.82) is 0 Å². The number of nitrogens with zero attached hydrogens (tertiary/aromatic N) is 1. The van der Waals surface area contributed by atoms with Crippen molar-refractivity contribution >= 4 is 21.6 Å². The normalized spacial score (nSPS) is 12.0. The number of phenols is 1. The summed E-state index contributed by atoms with van der Waals surface area (Å²) in [6, 6.07) is 7.07. The smallest absolute Gasteiger partial charge is 0.268 e. The Morgan fingerprint density at radius 2 is 2.05 bits per heavy atom. The summed E-state index contributed by atoms with van der Waals surface area (Å²) >= 11 is 1.47. The SMILES string of the molecule is CC(C)(C)c1sc2c(=O)[nH]cnc2c1-c1cccc(O)c1. The number of aromatic nitrogens is 2. The van der Waals surface area contributed by atoms with E-state index in [9.17, 15) is 9.90 Å². The van der Waals surface area contributed by atoms with Crippen molar-refractivity contribution in [2.75, 3.05) is 0 Å². The maximum atomic E-state index is 12.0. The molecule has 3 rings (SSSR count). The molecule has 0 saturated heterocycles. The van der Waals surface area contributed by atoms with Gasteiger partial charge in [0.25, 0.3) is 5.56 Å². The highest BCUT2D eigenvalue weighted by atomic mass is 32.1. The van der Waals surface area contributed by atoms with Crippen molar-refractivity contribution in [2.45, 2.75) is 26.2 Å². The van der Waals surface area contributed by atoms with Gasteiger partial charge in [0, 0.05) is 10.4 Å². The number of aromatic amines is 1. The highest BCUT2D eigenvalue weighted by Crippen LogP contribution is 2.43. The molecule has 2 heterocycles. The second-order valence-electron chi connectivity index (χ2n) is 6.02. The van der Waals surface area contributed by atoms with E-state index in [2.05, 4.69) is 30.7 Å². The third-order valence-corrected chi connectivity index (χ3v) is 4.90. The Kier molecular flexibility index (Phi) is 3.10. The van der Waals surface area contributed by atoms with E-state index >= 15 is 0 Å². The van der Waals surface area contributed by atoms with E-state index in [4.69, 9.17) is 0 Å². The number of aromatic hydroxyl groups is 1. The van der Waals surface area contributed by atoms with Crippen LogP contribution in [0.2, 0.25) is 0 Å². The van der Waals surface area contributed by atoms with Crippen LogP contribution < -0.4 is 5.56 Å². The lowest BCUT2D eigenvalue weighted by Gasteiger charge is -2.19. The van der Waals surface area contributed by atoms with Crippen molar-refractivity contribution in [3.63, 3.8) is 0 Å². The number of rotatable bonds is 1. The van der Waals surface area contributed by atoms with E-state index in [1.165, 1.54) is 17.7 Å². The number of H-pyrrole nitrogens is 1. The van der Waals surface area contributed by atoms with Crippen LogP contribution >= 0.6 is 11.3 Å². The monoisotopic (exact) mass is 300 g/mol. The first-order valence-electron chi connectivity index (χ1n) is 6.68. The van der Waals surface area contributed by atoms with Gasteiger partial charge in [-0.1, -0.05) is 32.9 Å². The molecule has 0 spiro atoms. The molecule has 0 aliphatic rings. The van der Waals surface area contributed by atoms with E-state index in [1.54, 1.807) is 18.2 Å². The van der Waals surface area contributed by atoms with Crippen LogP contribution in [0.1, 0.15) is 25.6 Å². The molecule has 2 N–H and O–H groups in total. The lowest BCUT2D eigenvalue weighted by molar-refractivity contribution is 0.475. The summed E-state index contributed by atoms with van der Waals surface area (Å²) in [5.74, 6) is 0.205. The lowest BCUT2D eigenvalue weighted by Crippen LogP contribution is -2.09. The molecule has 2 aromatic heterocycles. The number of phenolic OH excluding ortho intramolecular Hbond substituents is 1. The Labute approximate surface area is 126 Å². The van der Waals surface area contributed by atoms with Crippen LogP contribution in [0.5, 0.6) is 5.75 Å². The number of thiophene rings is 1. The molecule has 0 unspecified atom stereocenters. The molecule has 0 radical (unpaired) electrons. The van der Waals surface area contributed by atoms with Gasteiger partial charge in [-0.15, -0.1) is 11.3 Å². The topological polar surface area (TPSA) is 66.0 Å². The molecule has 0 fully saturated rings. The molecule has 0 atom stereocenters. The number of hydrogen-bond acceptors (Lipinski definition) is 4. The molecule has 0 amide bonds. The summed E-state index contributed by atoms with van der Waals surface area (Å²) in [5, 5.41) is 9.75. The second-order valence-corrected chi connectivity index (χ2v) is 7.04. The number of fused-ring (bicyclic) bond motifs is 1. The summed E-state index contributed by atoms with van der Waals surface area (Å²) in [7, 11) is 0. The number of benzene rings is 1. The van der Waals surface area contributed by atoms with Crippen LogP contribution in [0, 0.1) is 0 Å². The standard InChI is InChI=1S/C16H16N2O2S/c1-16(2,3)14-11(9-5-4-6-10(19)7-9)12-13(21-14)15(20)18-8-17-12/h4-8,19H,1-3H3,(H,17,18,20). The molecule has 108 valence electrons. The Hall–Kier alpha value is -2.14. The zero-order valence-electron chi connectivity index (χ0n) is 12.1. The van der Waals surface area contributed by atoms with Crippen molar-refractivity contribution < 1.29 is 5.11 Å². The van der Waals surface area contributed by atoms with E-state index < -0.39 is 0 Å². The predicted molar refractivity (Wildman–Crippen MR) is 86.0 cm³/mol. The lowest BCUT2D eigenvalue weighted by atomic mass is 9.89. The van der Waals surface area contributed by atoms with Crippen molar-refractivity contribution in [3.8, 4) is 16.9 Å². The molecule has 4 nitrogen and oxygen atoms in total. The van der Waals surface area contributed by atoms with Crippen LogP contribution in [-0.4, -0.2) is 15.1 Å². The largest absolute Gasteiger partial charge is 0.508 e. The van der Waals surface area contributed by atoms with E-state index in [1.807, 2.05) is 6.07 Å². The average molecular weight is 300 g/mol. The third kappa shape index (κ3) is 2.34. The van der Waals surface area contributed by atoms with Crippen molar-refractivity contribution in [2.24, 2.45) is 0 Å². The zero-order valence-corrected chi connectivity index (χ0v) is 12.9. The van der Waals surface area contributed by atoms with E-state index in [0.717, 1.165) is 16.0 Å². The van der Waals surface area contributed by atoms with Crippen molar-refractivity contribution in [3.05, 3.63) is 45.8 Å². The van der Waals surface area contributed by atoms with Gasteiger partial charge in [0.2, 0.25) is 0 Å². The maximum absolute atomic E-state index is 12.0. The summed E-state index contributed by atoms with van der Waals surface area (Å²) in [5.41, 5.74) is 2.27. The van der Waals surface area contributed by atoms with Crippen LogP contribution in [-0.2, 0) is 5.41 Å². The van der Waals surface area contributed by atoms with Gasteiger partial charge in [-0.05, 0) is 23.1 Å². The van der Waals surface area contributed by atoms with Gasteiger partial charge in [0.15, 0.2) is 0 Å². The highest BCUT2D eigenvalue weighted by molar-refractivity contribution is 7.19. The quantitative estimate of drug-likeness (QED) is 0.721. The highest BCUT2D eigenvalue weighted by Gasteiger charge is 2.25. The maximum Gasteiger partial charge on any atom is 0.268 e. The van der Waals surface area contributed by atoms with Crippen LogP contribution in [0.4, 0.5) is 0 Å². The van der Waals surface area contributed by atoms with Gasteiger partial charge in [-0.2, -0.15) is 0 Å². The minimum absolute atomic E-state index is 0.112. The molecule has 0 saturated carbocycles. The van der Waals surface area contributed by atoms with Gasteiger partial charge in [-0.3, -0.25) is 4.79 Å². The fourth-order valence-electron chi connectivity index (χ4n) is 2.38. The van der Waals surface area contributed by atoms with Crippen molar-refractivity contribution in [1.82, 2.24) is 9.97 Å². The summed E-state index contributed by atoms with van der Waals surface area (Å²) in [6.07, 6.45) is 1.43. The molecule has 21 heavy (non-hydrogen) atoms. The summed E-state index contributed by atoms with van der Waals surface area (Å²) in [6.45, 7) is 6.33. The molecular weight excluding hydrogens is 284 g/mol. The Morgan fingerprint density at radius 3 is 2.71 bits per heavy atom. The van der Waals surface area contributed by atoms with Crippen LogP contribution in [0.25, 0.3) is 21.3 Å². The van der Waals surface area contributed by atoms with Gasteiger partial charge in [0.1, 0.15) is 10.4 Å². The van der Waals surface area contributed by atoms with Gasteiger partial charge >= 0.3 is 0 Å². The minimum atomic E-state index is -0.123. The van der Waals surface area contributed by atoms with E-state index in [0.29, 0.717) is 10.2 Å². The van der Waals surface area contributed by atoms with Gasteiger partial charge in [0.05, 0.1) is 11.8 Å². The molecule has 0 bridgehead atoms. The van der Waals surface area contributed by atoms with E-state index in [-0.39, 0.29) is 16.7 Å². The number of nitrogens with one attached hydrogen (secondary N) is 1. The summed E-state index contributed by atoms with van der Waals surface area (Å²) in [4.78, 5) is 20.1. The van der Waals surface area contributed by atoms with Crippen LogP contribution in [0.15, 0.2) is 35.4 Å². The second kappa shape index (κ2) is 4.70. The number of hydrogen-bond donors (Lipinski definition) is 2. The first-order valence-corrected chi connectivity index (χ1v) is 7.49. The molecule has 3 aromatic rings. The molecule has 0 aliphatic heterocycles. The Morgan fingerprint density at radius 1 is 1.29 bits per heavy atom. The molecule has 1 aromatic carbocycles.